The molecule has 5 nitrogen and oxygen atoms in total. The Bertz CT molecular complexity index is 307. The van der Waals surface area contributed by atoms with Gasteiger partial charge in [-0.15, -0.1) is 0 Å². The average molecular weight is 224 g/mol. The molecule has 1 aromatic heterocycles. The monoisotopic (exact) mass is 224 g/mol. The van der Waals surface area contributed by atoms with Crippen molar-refractivity contribution in [2.75, 3.05) is 19.8 Å². The zero-order valence-corrected chi connectivity index (χ0v) is 9.85. The lowest BCUT2D eigenvalue weighted by atomic mass is 10.0. The van der Waals surface area contributed by atoms with Crippen molar-refractivity contribution >= 4 is 0 Å². The molecular weight excluding hydrogens is 204 g/mol. The number of nitrogens with zero attached hydrogens (tertiary/aromatic N) is 3. The van der Waals surface area contributed by atoms with E-state index in [2.05, 4.69) is 22.3 Å². The van der Waals surface area contributed by atoms with E-state index in [0.717, 1.165) is 38.7 Å². The minimum atomic E-state index is 0.659. The van der Waals surface area contributed by atoms with Gasteiger partial charge in [0.1, 0.15) is 12.2 Å². The molecule has 1 aromatic rings. The molecule has 0 aromatic carbocycles. The highest BCUT2D eigenvalue weighted by Crippen LogP contribution is 2.12. The zero-order valence-electron chi connectivity index (χ0n) is 9.85. The SMILES string of the molecule is CCn1ncnc1CNCC1CCCOC1. The Morgan fingerprint density at radius 1 is 1.62 bits per heavy atom. The van der Waals surface area contributed by atoms with Gasteiger partial charge in [-0.05, 0) is 25.7 Å². The molecule has 0 saturated carbocycles. The fourth-order valence-electron chi connectivity index (χ4n) is 2.05. The van der Waals surface area contributed by atoms with Crippen LogP contribution in [0.5, 0.6) is 0 Å². The van der Waals surface area contributed by atoms with Gasteiger partial charge in [0.25, 0.3) is 0 Å². The van der Waals surface area contributed by atoms with Gasteiger partial charge in [0.2, 0.25) is 0 Å². The van der Waals surface area contributed by atoms with Gasteiger partial charge in [0.15, 0.2) is 0 Å². The summed E-state index contributed by atoms with van der Waals surface area (Å²) in [6.45, 7) is 6.59. The lowest BCUT2D eigenvalue weighted by molar-refractivity contribution is 0.0546. The first-order valence-electron chi connectivity index (χ1n) is 6.05. The van der Waals surface area contributed by atoms with Crippen LogP contribution in [0.15, 0.2) is 6.33 Å². The first-order chi connectivity index (χ1) is 7.90. The second kappa shape index (κ2) is 5.96. The predicted octanol–water partition coefficient (Wildman–Crippen LogP) is 0.814. The smallest absolute Gasteiger partial charge is 0.140 e. The molecule has 90 valence electrons. The summed E-state index contributed by atoms with van der Waals surface area (Å²) < 4.78 is 7.36. The van der Waals surface area contributed by atoms with Crippen LogP contribution in [0.1, 0.15) is 25.6 Å². The van der Waals surface area contributed by atoms with Crippen LogP contribution in [0.4, 0.5) is 0 Å². The number of aromatic nitrogens is 3. The predicted molar refractivity (Wildman–Crippen MR) is 60.9 cm³/mol. The molecule has 16 heavy (non-hydrogen) atoms. The number of ether oxygens (including phenoxy) is 1. The molecule has 1 unspecified atom stereocenters. The molecule has 1 atom stereocenters. The first-order valence-corrected chi connectivity index (χ1v) is 6.05. The summed E-state index contributed by atoms with van der Waals surface area (Å²) in [5, 5.41) is 7.57. The third kappa shape index (κ3) is 3.02. The largest absolute Gasteiger partial charge is 0.381 e. The van der Waals surface area contributed by atoms with Gasteiger partial charge in [-0.1, -0.05) is 0 Å². The highest BCUT2D eigenvalue weighted by molar-refractivity contribution is 4.83. The summed E-state index contributed by atoms with van der Waals surface area (Å²) in [6, 6.07) is 0. The summed E-state index contributed by atoms with van der Waals surface area (Å²) in [4.78, 5) is 4.23. The van der Waals surface area contributed by atoms with Crippen molar-refractivity contribution < 1.29 is 4.74 Å². The number of nitrogens with one attached hydrogen (secondary N) is 1. The van der Waals surface area contributed by atoms with Crippen molar-refractivity contribution in [2.45, 2.75) is 32.9 Å². The number of rotatable bonds is 5. The summed E-state index contributed by atoms with van der Waals surface area (Å²) in [5.74, 6) is 1.67. The second-order valence-electron chi connectivity index (χ2n) is 4.21. The molecule has 1 aliphatic heterocycles. The molecule has 1 N–H and O–H groups in total. The Labute approximate surface area is 96.2 Å². The van der Waals surface area contributed by atoms with Crippen LogP contribution in [0, 0.1) is 5.92 Å². The lowest BCUT2D eigenvalue weighted by Crippen LogP contribution is -2.29. The van der Waals surface area contributed by atoms with Gasteiger partial charge in [-0.3, -0.25) is 0 Å². The van der Waals surface area contributed by atoms with E-state index in [-0.39, 0.29) is 0 Å². The van der Waals surface area contributed by atoms with E-state index in [1.54, 1.807) is 6.33 Å². The van der Waals surface area contributed by atoms with Crippen LogP contribution in [0.3, 0.4) is 0 Å². The van der Waals surface area contributed by atoms with Crippen molar-refractivity contribution in [1.29, 1.82) is 0 Å². The van der Waals surface area contributed by atoms with E-state index in [1.165, 1.54) is 12.8 Å². The zero-order chi connectivity index (χ0) is 11.2. The molecular formula is C11H20N4O. The maximum absolute atomic E-state index is 5.44. The fraction of sp³-hybridized carbons (Fsp3) is 0.818. The Morgan fingerprint density at radius 3 is 3.31 bits per heavy atom. The maximum Gasteiger partial charge on any atom is 0.140 e. The Balaban J connectivity index is 1.71. The number of aryl methyl sites for hydroxylation is 1. The average Bonchev–Trinajstić information content (AvgIpc) is 2.78. The van der Waals surface area contributed by atoms with Gasteiger partial charge in [-0.2, -0.15) is 5.10 Å². The van der Waals surface area contributed by atoms with Crippen LogP contribution in [-0.4, -0.2) is 34.5 Å². The molecule has 2 rings (SSSR count). The van der Waals surface area contributed by atoms with Crippen LogP contribution in [0.2, 0.25) is 0 Å². The van der Waals surface area contributed by atoms with E-state index < -0.39 is 0 Å². The molecule has 0 radical (unpaired) electrons. The van der Waals surface area contributed by atoms with Gasteiger partial charge >= 0.3 is 0 Å². The molecule has 0 amide bonds. The van der Waals surface area contributed by atoms with E-state index in [0.29, 0.717) is 5.92 Å². The van der Waals surface area contributed by atoms with Gasteiger partial charge in [0, 0.05) is 19.7 Å². The third-order valence-corrected chi connectivity index (χ3v) is 2.97. The van der Waals surface area contributed by atoms with Gasteiger partial charge in [0.05, 0.1) is 13.2 Å². The molecule has 2 heterocycles. The lowest BCUT2D eigenvalue weighted by Gasteiger charge is -2.22. The molecule has 0 bridgehead atoms. The van der Waals surface area contributed by atoms with Crippen molar-refractivity contribution in [3.63, 3.8) is 0 Å². The van der Waals surface area contributed by atoms with Crippen molar-refractivity contribution in [3.8, 4) is 0 Å². The summed E-state index contributed by atoms with van der Waals surface area (Å²) in [7, 11) is 0. The highest BCUT2D eigenvalue weighted by atomic mass is 16.5. The normalized spacial score (nSPS) is 21.2. The maximum atomic E-state index is 5.44. The number of hydrogen-bond acceptors (Lipinski definition) is 4. The van der Waals surface area contributed by atoms with Crippen LogP contribution >= 0.6 is 0 Å². The summed E-state index contributed by atoms with van der Waals surface area (Å²) in [5.41, 5.74) is 0. The molecule has 1 saturated heterocycles. The molecule has 5 heteroatoms. The van der Waals surface area contributed by atoms with Crippen molar-refractivity contribution in [2.24, 2.45) is 5.92 Å². The summed E-state index contributed by atoms with van der Waals surface area (Å²) >= 11 is 0. The van der Waals surface area contributed by atoms with E-state index >= 15 is 0 Å². The standard InChI is InChI=1S/C11H20N4O/c1-2-15-11(13-9-14-15)7-12-6-10-4-3-5-16-8-10/h9-10,12H,2-8H2,1H3. The molecule has 0 aliphatic carbocycles. The quantitative estimate of drug-likeness (QED) is 0.804. The molecule has 0 spiro atoms. The topological polar surface area (TPSA) is 52.0 Å². The third-order valence-electron chi connectivity index (χ3n) is 2.97. The minimum Gasteiger partial charge on any atom is -0.381 e. The van der Waals surface area contributed by atoms with E-state index in [1.807, 2.05) is 4.68 Å². The fourth-order valence-corrected chi connectivity index (χ4v) is 2.05. The van der Waals surface area contributed by atoms with Gasteiger partial charge in [-0.25, -0.2) is 9.67 Å². The van der Waals surface area contributed by atoms with Crippen LogP contribution < -0.4 is 5.32 Å². The van der Waals surface area contributed by atoms with Crippen LogP contribution in [-0.2, 0) is 17.8 Å². The first kappa shape index (κ1) is 11.5. The molecule has 1 fully saturated rings. The second-order valence-corrected chi connectivity index (χ2v) is 4.21. The Kier molecular flexibility index (Phi) is 4.30. The minimum absolute atomic E-state index is 0.659. The Hall–Kier alpha value is -0.940. The summed E-state index contributed by atoms with van der Waals surface area (Å²) in [6.07, 6.45) is 4.08. The highest BCUT2D eigenvalue weighted by Gasteiger charge is 2.13. The van der Waals surface area contributed by atoms with E-state index in [9.17, 15) is 0 Å². The Morgan fingerprint density at radius 2 is 2.56 bits per heavy atom. The van der Waals surface area contributed by atoms with Crippen LogP contribution in [0.25, 0.3) is 0 Å². The van der Waals surface area contributed by atoms with Gasteiger partial charge < -0.3 is 10.1 Å². The number of hydrogen-bond donors (Lipinski definition) is 1. The van der Waals surface area contributed by atoms with Crippen molar-refractivity contribution in [1.82, 2.24) is 20.1 Å². The van der Waals surface area contributed by atoms with Crippen molar-refractivity contribution in [3.05, 3.63) is 12.2 Å². The van der Waals surface area contributed by atoms with E-state index in [4.69, 9.17) is 4.74 Å². The molecule has 1 aliphatic rings.